The van der Waals surface area contributed by atoms with E-state index in [1.807, 2.05) is 13.8 Å². The van der Waals surface area contributed by atoms with Crippen molar-refractivity contribution in [3.05, 3.63) is 24.3 Å². The zero-order chi connectivity index (χ0) is 9.19. The molecule has 1 heterocycles. The van der Waals surface area contributed by atoms with Gasteiger partial charge in [-0.15, -0.1) is 0 Å². The number of hydrogen-bond acceptors (Lipinski definition) is 3. The Balaban J connectivity index is 2.98. The number of aromatic nitrogens is 2. The summed E-state index contributed by atoms with van der Waals surface area (Å²) in [5, 5.41) is 9.94. The fraction of sp³-hybridized carbons (Fsp3) is 0.556. The highest BCUT2D eigenvalue weighted by Gasteiger charge is 2.29. The second-order valence-corrected chi connectivity index (χ2v) is 3.37. The molecule has 1 aromatic rings. The maximum atomic E-state index is 9.94. The monoisotopic (exact) mass is 166 g/mol. The van der Waals surface area contributed by atoms with Crippen molar-refractivity contribution in [1.82, 2.24) is 9.97 Å². The molecule has 0 aliphatic heterocycles. The molecule has 3 nitrogen and oxygen atoms in total. The summed E-state index contributed by atoms with van der Waals surface area (Å²) in [5.74, 6) is 0.597. The van der Waals surface area contributed by atoms with Gasteiger partial charge in [0, 0.05) is 12.4 Å². The molecule has 66 valence electrons. The first-order valence-electron chi connectivity index (χ1n) is 4.05. The fourth-order valence-corrected chi connectivity index (χ4v) is 0.819. The van der Waals surface area contributed by atoms with E-state index in [4.69, 9.17) is 0 Å². The molecule has 1 rings (SSSR count). The third kappa shape index (κ3) is 1.61. The Labute approximate surface area is 72.5 Å². The Morgan fingerprint density at radius 1 is 1.33 bits per heavy atom. The van der Waals surface area contributed by atoms with Crippen molar-refractivity contribution in [3.63, 3.8) is 0 Å². The molecule has 0 unspecified atom stereocenters. The van der Waals surface area contributed by atoms with Gasteiger partial charge in [0.05, 0.1) is 0 Å². The van der Waals surface area contributed by atoms with E-state index in [2.05, 4.69) is 9.97 Å². The molecular weight excluding hydrogens is 152 g/mol. The lowest BCUT2D eigenvalue weighted by atomic mass is 9.92. The average Bonchev–Trinajstić information content (AvgIpc) is 2.06. The van der Waals surface area contributed by atoms with Crippen LogP contribution in [0.3, 0.4) is 0 Å². The summed E-state index contributed by atoms with van der Waals surface area (Å²) in [6.45, 7) is 5.61. The van der Waals surface area contributed by atoms with Crippen LogP contribution in [0.5, 0.6) is 0 Å². The van der Waals surface area contributed by atoms with Crippen LogP contribution >= 0.6 is 0 Å². The van der Waals surface area contributed by atoms with E-state index in [9.17, 15) is 5.11 Å². The SMILES string of the molecule is CC(C)[C@](C)(O)c1ncccn1. The summed E-state index contributed by atoms with van der Waals surface area (Å²) in [6.07, 6.45) is 3.28. The minimum Gasteiger partial charge on any atom is -0.382 e. The van der Waals surface area contributed by atoms with E-state index >= 15 is 0 Å². The molecule has 0 saturated heterocycles. The normalized spacial score (nSPS) is 16.1. The largest absolute Gasteiger partial charge is 0.382 e. The molecule has 12 heavy (non-hydrogen) atoms. The summed E-state index contributed by atoms with van der Waals surface area (Å²) in [7, 11) is 0. The third-order valence-electron chi connectivity index (χ3n) is 2.14. The van der Waals surface area contributed by atoms with Crippen molar-refractivity contribution in [3.8, 4) is 0 Å². The minimum atomic E-state index is -0.929. The second kappa shape index (κ2) is 3.19. The lowest BCUT2D eigenvalue weighted by Gasteiger charge is -2.25. The third-order valence-corrected chi connectivity index (χ3v) is 2.14. The summed E-state index contributed by atoms with van der Waals surface area (Å²) in [6, 6.07) is 1.74. The predicted molar refractivity (Wildman–Crippen MR) is 46.4 cm³/mol. The molecule has 0 spiro atoms. The standard InChI is InChI=1S/C9H14N2O/c1-7(2)9(3,12)8-10-5-4-6-11-8/h4-7,12H,1-3H3/t9-/m0/s1. The first kappa shape index (κ1) is 9.13. The highest BCUT2D eigenvalue weighted by molar-refractivity contribution is 5.00. The van der Waals surface area contributed by atoms with Crippen LogP contribution in [0.25, 0.3) is 0 Å². The van der Waals surface area contributed by atoms with Gasteiger partial charge in [-0.25, -0.2) is 9.97 Å². The fourth-order valence-electron chi connectivity index (χ4n) is 0.819. The van der Waals surface area contributed by atoms with Crippen molar-refractivity contribution in [2.45, 2.75) is 26.4 Å². The van der Waals surface area contributed by atoms with E-state index < -0.39 is 5.60 Å². The van der Waals surface area contributed by atoms with Crippen molar-refractivity contribution in [1.29, 1.82) is 0 Å². The van der Waals surface area contributed by atoms with Gasteiger partial charge in [-0.3, -0.25) is 0 Å². The Morgan fingerprint density at radius 2 is 1.83 bits per heavy atom. The quantitative estimate of drug-likeness (QED) is 0.721. The highest BCUT2D eigenvalue weighted by atomic mass is 16.3. The number of hydrogen-bond donors (Lipinski definition) is 1. The Kier molecular flexibility index (Phi) is 2.43. The lowest BCUT2D eigenvalue weighted by Crippen LogP contribution is -2.30. The van der Waals surface area contributed by atoms with Gasteiger partial charge in [0.15, 0.2) is 5.82 Å². The van der Waals surface area contributed by atoms with Crippen molar-refractivity contribution < 1.29 is 5.11 Å². The molecule has 0 aromatic carbocycles. The summed E-state index contributed by atoms with van der Waals surface area (Å²) >= 11 is 0. The molecule has 0 amide bonds. The summed E-state index contributed by atoms with van der Waals surface area (Å²) in [5.41, 5.74) is -0.929. The van der Waals surface area contributed by atoms with Crippen molar-refractivity contribution in [2.75, 3.05) is 0 Å². The van der Waals surface area contributed by atoms with E-state index in [0.717, 1.165) is 0 Å². The van der Waals surface area contributed by atoms with Crippen LogP contribution < -0.4 is 0 Å². The molecule has 0 saturated carbocycles. The first-order valence-corrected chi connectivity index (χ1v) is 4.05. The number of rotatable bonds is 2. The maximum absolute atomic E-state index is 9.94. The Bertz CT molecular complexity index is 244. The van der Waals surface area contributed by atoms with Gasteiger partial charge in [-0.05, 0) is 18.9 Å². The van der Waals surface area contributed by atoms with Crippen molar-refractivity contribution >= 4 is 0 Å². The van der Waals surface area contributed by atoms with Crippen LogP contribution in [0, 0.1) is 5.92 Å². The second-order valence-electron chi connectivity index (χ2n) is 3.37. The number of aliphatic hydroxyl groups is 1. The molecule has 0 fully saturated rings. The average molecular weight is 166 g/mol. The lowest BCUT2D eigenvalue weighted by molar-refractivity contribution is 0.000359. The molecule has 1 aromatic heterocycles. The maximum Gasteiger partial charge on any atom is 0.159 e. The summed E-state index contributed by atoms with van der Waals surface area (Å²) < 4.78 is 0. The predicted octanol–water partition coefficient (Wildman–Crippen LogP) is 1.34. The minimum absolute atomic E-state index is 0.111. The Hall–Kier alpha value is -0.960. The zero-order valence-corrected chi connectivity index (χ0v) is 7.65. The van der Waals surface area contributed by atoms with Gasteiger partial charge >= 0.3 is 0 Å². The van der Waals surface area contributed by atoms with Crippen LogP contribution in [0.2, 0.25) is 0 Å². The van der Waals surface area contributed by atoms with Crippen LogP contribution in [0.15, 0.2) is 18.5 Å². The van der Waals surface area contributed by atoms with Crippen LogP contribution in [0.4, 0.5) is 0 Å². The van der Waals surface area contributed by atoms with Gasteiger partial charge < -0.3 is 5.11 Å². The van der Waals surface area contributed by atoms with Crippen molar-refractivity contribution in [2.24, 2.45) is 5.92 Å². The van der Waals surface area contributed by atoms with Gasteiger partial charge in [-0.2, -0.15) is 0 Å². The molecule has 1 atom stereocenters. The molecule has 0 aliphatic rings. The van der Waals surface area contributed by atoms with Crippen LogP contribution in [-0.2, 0) is 5.60 Å². The zero-order valence-electron chi connectivity index (χ0n) is 7.65. The van der Waals surface area contributed by atoms with E-state index in [0.29, 0.717) is 5.82 Å². The molecule has 1 N–H and O–H groups in total. The van der Waals surface area contributed by atoms with Gasteiger partial charge in [-0.1, -0.05) is 13.8 Å². The molecule has 0 bridgehead atoms. The topological polar surface area (TPSA) is 46.0 Å². The summed E-state index contributed by atoms with van der Waals surface area (Å²) in [4.78, 5) is 8.02. The highest BCUT2D eigenvalue weighted by Crippen LogP contribution is 2.24. The van der Waals surface area contributed by atoms with Gasteiger partial charge in [0.2, 0.25) is 0 Å². The molecule has 0 radical (unpaired) electrons. The number of nitrogens with zero attached hydrogens (tertiary/aromatic N) is 2. The molecule has 0 aliphatic carbocycles. The molecular formula is C9H14N2O. The van der Waals surface area contributed by atoms with E-state index in [-0.39, 0.29) is 5.92 Å². The smallest absolute Gasteiger partial charge is 0.159 e. The van der Waals surface area contributed by atoms with Gasteiger partial charge in [0.1, 0.15) is 5.60 Å². The molecule has 3 heteroatoms. The van der Waals surface area contributed by atoms with Gasteiger partial charge in [0.25, 0.3) is 0 Å². The van der Waals surface area contributed by atoms with Crippen LogP contribution in [-0.4, -0.2) is 15.1 Å². The Morgan fingerprint density at radius 3 is 2.25 bits per heavy atom. The van der Waals surface area contributed by atoms with E-state index in [1.165, 1.54) is 0 Å². The first-order chi connectivity index (χ1) is 5.55. The van der Waals surface area contributed by atoms with Crippen LogP contribution in [0.1, 0.15) is 26.6 Å². The van der Waals surface area contributed by atoms with E-state index in [1.54, 1.807) is 25.4 Å².